The van der Waals surface area contributed by atoms with Gasteiger partial charge in [-0.25, -0.2) is 0 Å². The van der Waals surface area contributed by atoms with Gasteiger partial charge in [0.15, 0.2) is 5.82 Å². The van der Waals surface area contributed by atoms with Gasteiger partial charge in [0, 0.05) is 16.6 Å². The minimum Gasteiger partial charge on any atom is -0.497 e. The van der Waals surface area contributed by atoms with Crippen molar-refractivity contribution in [3.63, 3.8) is 0 Å². The van der Waals surface area contributed by atoms with E-state index in [4.69, 9.17) is 4.74 Å². The first-order valence-electron chi connectivity index (χ1n) is 5.96. The zero-order chi connectivity index (χ0) is 13.8. The lowest BCUT2D eigenvalue weighted by molar-refractivity contribution is 0.414. The highest BCUT2D eigenvalue weighted by atomic mass is 79.9. The molecule has 0 spiro atoms. The monoisotopic (exact) mass is 325 g/mol. The van der Waals surface area contributed by atoms with E-state index in [1.165, 1.54) is 0 Å². The van der Waals surface area contributed by atoms with E-state index in [1.807, 2.05) is 18.2 Å². The molecule has 0 saturated heterocycles. The molecule has 2 rings (SSSR count). The number of aromatic nitrogens is 4. The largest absolute Gasteiger partial charge is 0.497 e. The van der Waals surface area contributed by atoms with Crippen LogP contribution in [0, 0.1) is 0 Å². The van der Waals surface area contributed by atoms with Crippen molar-refractivity contribution >= 4 is 15.9 Å². The van der Waals surface area contributed by atoms with Gasteiger partial charge in [0.25, 0.3) is 0 Å². The van der Waals surface area contributed by atoms with E-state index < -0.39 is 0 Å². The SMILES string of the molecule is COc1ccc(Br)c(-n2nnnc2CNC(C)C)c1. The number of nitrogens with one attached hydrogen (secondary N) is 1. The zero-order valence-corrected chi connectivity index (χ0v) is 12.7. The zero-order valence-electron chi connectivity index (χ0n) is 11.1. The van der Waals surface area contributed by atoms with Crippen molar-refractivity contribution in [2.45, 2.75) is 26.4 Å². The molecule has 0 bridgehead atoms. The highest BCUT2D eigenvalue weighted by Gasteiger charge is 2.12. The van der Waals surface area contributed by atoms with Crippen LogP contribution in [0.15, 0.2) is 22.7 Å². The first kappa shape index (κ1) is 14.0. The third-order valence-corrected chi connectivity index (χ3v) is 3.25. The topological polar surface area (TPSA) is 64.9 Å². The number of hydrogen-bond donors (Lipinski definition) is 1. The number of methoxy groups -OCH3 is 1. The van der Waals surface area contributed by atoms with Crippen LogP contribution < -0.4 is 10.1 Å². The second-order valence-corrected chi connectivity index (χ2v) is 5.21. The second kappa shape index (κ2) is 6.12. The minimum absolute atomic E-state index is 0.374. The van der Waals surface area contributed by atoms with Gasteiger partial charge in [0.05, 0.1) is 19.3 Å². The first-order chi connectivity index (χ1) is 9.11. The maximum atomic E-state index is 5.23. The van der Waals surface area contributed by atoms with E-state index in [0.29, 0.717) is 12.6 Å². The van der Waals surface area contributed by atoms with Crippen LogP contribution in [0.25, 0.3) is 5.69 Å². The Morgan fingerprint density at radius 1 is 1.42 bits per heavy atom. The lowest BCUT2D eigenvalue weighted by atomic mass is 10.3. The van der Waals surface area contributed by atoms with Gasteiger partial charge in [0.1, 0.15) is 5.75 Å². The molecule has 0 aliphatic heterocycles. The van der Waals surface area contributed by atoms with E-state index in [0.717, 1.165) is 21.7 Å². The van der Waals surface area contributed by atoms with Crippen LogP contribution in [0.2, 0.25) is 0 Å². The molecule has 2 aromatic rings. The van der Waals surface area contributed by atoms with E-state index >= 15 is 0 Å². The maximum Gasteiger partial charge on any atom is 0.170 e. The number of ether oxygens (including phenoxy) is 1. The Hall–Kier alpha value is -1.47. The summed E-state index contributed by atoms with van der Waals surface area (Å²) in [6, 6.07) is 6.05. The molecular weight excluding hydrogens is 310 g/mol. The van der Waals surface area contributed by atoms with Crippen molar-refractivity contribution in [1.29, 1.82) is 0 Å². The average Bonchev–Trinajstić information content (AvgIpc) is 2.85. The van der Waals surface area contributed by atoms with Gasteiger partial charge in [-0.2, -0.15) is 4.68 Å². The summed E-state index contributed by atoms with van der Waals surface area (Å²) in [5.74, 6) is 1.51. The fourth-order valence-corrected chi connectivity index (χ4v) is 1.99. The van der Waals surface area contributed by atoms with Gasteiger partial charge < -0.3 is 10.1 Å². The van der Waals surface area contributed by atoms with Crippen molar-refractivity contribution in [2.24, 2.45) is 0 Å². The predicted octanol–water partition coefficient (Wildman–Crippen LogP) is 1.93. The smallest absolute Gasteiger partial charge is 0.170 e. The number of hydrogen-bond acceptors (Lipinski definition) is 5. The van der Waals surface area contributed by atoms with Crippen LogP contribution in [0.5, 0.6) is 5.75 Å². The third kappa shape index (κ3) is 3.30. The minimum atomic E-state index is 0.374. The Kier molecular flexibility index (Phi) is 4.49. The van der Waals surface area contributed by atoms with Crippen molar-refractivity contribution in [3.8, 4) is 11.4 Å². The molecule has 0 saturated carbocycles. The van der Waals surface area contributed by atoms with Crippen LogP contribution in [0.3, 0.4) is 0 Å². The average molecular weight is 326 g/mol. The van der Waals surface area contributed by atoms with Gasteiger partial charge in [-0.05, 0) is 38.5 Å². The molecule has 1 heterocycles. The number of halogens is 1. The van der Waals surface area contributed by atoms with Crippen molar-refractivity contribution in [3.05, 3.63) is 28.5 Å². The second-order valence-electron chi connectivity index (χ2n) is 4.36. The van der Waals surface area contributed by atoms with E-state index in [2.05, 4.69) is 50.6 Å². The van der Waals surface area contributed by atoms with Crippen molar-refractivity contribution in [2.75, 3.05) is 7.11 Å². The van der Waals surface area contributed by atoms with E-state index in [-0.39, 0.29) is 0 Å². The Morgan fingerprint density at radius 3 is 2.89 bits per heavy atom. The Labute approximate surface area is 120 Å². The molecule has 0 aliphatic rings. The molecule has 19 heavy (non-hydrogen) atoms. The van der Waals surface area contributed by atoms with Gasteiger partial charge >= 0.3 is 0 Å². The highest BCUT2D eigenvalue weighted by Crippen LogP contribution is 2.25. The lowest BCUT2D eigenvalue weighted by Gasteiger charge is -2.10. The molecule has 1 aromatic carbocycles. The van der Waals surface area contributed by atoms with Crippen LogP contribution in [0.1, 0.15) is 19.7 Å². The summed E-state index contributed by atoms with van der Waals surface area (Å²) in [5, 5.41) is 15.1. The van der Waals surface area contributed by atoms with Gasteiger partial charge in [-0.15, -0.1) is 5.10 Å². The van der Waals surface area contributed by atoms with Crippen molar-refractivity contribution < 1.29 is 4.74 Å². The molecule has 0 aliphatic carbocycles. The Balaban J connectivity index is 2.33. The van der Waals surface area contributed by atoms with Crippen LogP contribution in [0.4, 0.5) is 0 Å². The molecule has 102 valence electrons. The van der Waals surface area contributed by atoms with Gasteiger partial charge in [-0.1, -0.05) is 13.8 Å². The molecule has 6 nitrogen and oxygen atoms in total. The summed E-state index contributed by atoms with van der Waals surface area (Å²) in [6.45, 7) is 4.76. The number of nitrogens with zero attached hydrogens (tertiary/aromatic N) is 4. The fourth-order valence-electron chi connectivity index (χ4n) is 1.58. The summed E-state index contributed by atoms with van der Waals surface area (Å²) in [5.41, 5.74) is 0.852. The Morgan fingerprint density at radius 2 is 2.21 bits per heavy atom. The predicted molar refractivity (Wildman–Crippen MR) is 75.4 cm³/mol. The van der Waals surface area contributed by atoms with Crippen LogP contribution >= 0.6 is 15.9 Å². The molecular formula is C12H16BrN5O. The van der Waals surface area contributed by atoms with E-state index in [1.54, 1.807) is 11.8 Å². The number of tetrazole rings is 1. The molecule has 7 heteroatoms. The molecule has 0 amide bonds. The third-order valence-electron chi connectivity index (χ3n) is 2.58. The highest BCUT2D eigenvalue weighted by molar-refractivity contribution is 9.10. The first-order valence-corrected chi connectivity index (χ1v) is 6.75. The summed E-state index contributed by atoms with van der Waals surface area (Å²) >= 11 is 3.50. The van der Waals surface area contributed by atoms with Crippen molar-refractivity contribution in [1.82, 2.24) is 25.5 Å². The number of rotatable bonds is 5. The maximum absolute atomic E-state index is 5.23. The van der Waals surface area contributed by atoms with Crippen LogP contribution in [-0.2, 0) is 6.54 Å². The summed E-state index contributed by atoms with van der Waals surface area (Å²) in [4.78, 5) is 0. The normalized spacial score (nSPS) is 11.0. The quantitative estimate of drug-likeness (QED) is 0.910. The number of benzene rings is 1. The Bertz CT molecular complexity index is 555. The fraction of sp³-hybridized carbons (Fsp3) is 0.417. The molecule has 0 fully saturated rings. The molecule has 1 N–H and O–H groups in total. The van der Waals surface area contributed by atoms with Crippen LogP contribution in [-0.4, -0.2) is 33.4 Å². The lowest BCUT2D eigenvalue weighted by Crippen LogP contribution is -2.24. The summed E-state index contributed by atoms with van der Waals surface area (Å²) < 4.78 is 7.83. The van der Waals surface area contributed by atoms with E-state index in [9.17, 15) is 0 Å². The standard InChI is InChI=1S/C12H16BrN5O/c1-8(2)14-7-12-15-16-17-18(12)11-6-9(19-3)4-5-10(11)13/h4-6,8,14H,7H2,1-3H3. The molecule has 0 unspecified atom stereocenters. The van der Waals surface area contributed by atoms with Gasteiger partial charge in [0.2, 0.25) is 0 Å². The summed E-state index contributed by atoms with van der Waals surface area (Å²) in [7, 11) is 1.63. The van der Waals surface area contributed by atoms with Gasteiger partial charge in [-0.3, -0.25) is 0 Å². The summed E-state index contributed by atoms with van der Waals surface area (Å²) in [6.07, 6.45) is 0. The molecule has 1 aromatic heterocycles. The molecule has 0 radical (unpaired) electrons. The molecule has 0 atom stereocenters.